The summed E-state index contributed by atoms with van der Waals surface area (Å²) in [6.07, 6.45) is 3.77. The van der Waals surface area contributed by atoms with Crippen LogP contribution >= 0.6 is 11.6 Å². The monoisotopic (exact) mass is 325 g/mol. The van der Waals surface area contributed by atoms with Crippen molar-refractivity contribution in [3.05, 3.63) is 28.8 Å². The Morgan fingerprint density at radius 2 is 2.05 bits per heavy atom. The van der Waals surface area contributed by atoms with Crippen molar-refractivity contribution in [1.82, 2.24) is 5.32 Å². The summed E-state index contributed by atoms with van der Waals surface area (Å²) in [6.45, 7) is 3.04. The Morgan fingerprint density at radius 1 is 1.32 bits per heavy atom. The van der Waals surface area contributed by atoms with Gasteiger partial charge in [-0.15, -0.1) is 0 Å². The van der Waals surface area contributed by atoms with Crippen molar-refractivity contribution in [1.29, 1.82) is 0 Å². The number of halogens is 1. The van der Waals surface area contributed by atoms with Gasteiger partial charge in [0, 0.05) is 23.2 Å². The fraction of sp³-hybridized carbons (Fsp3) is 0.588. The van der Waals surface area contributed by atoms with Crippen molar-refractivity contribution in [3.63, 3.8) is 0 Å². The number of methoxy groups -OCH3 is 1. The van der Waals surface area contributed by atoms with Crippen LogP contribution in [0.15, 0.2) is 18.2 Å². The van der Waals surface area contributed by atoms with Crippen LogP contribution in [0.1, 0.15) is 38.2 Å². The van der Waals surface area contributed by atoms with Crippen molar-refractivity contribution in [2.24, 2.45) is 5.92 Å². The fourth-order valence-corrected chi connectivity index (χ4v) is 3.13. The minimum absolute atomic E-state index is 0.0440. The van der Waals surface area contributed by atoms with Gasteiger partial charge in [0.25, 0.3) is 0 Å². The first kappa shape index (κ1) is 17.1. The first-order valence-corrected chi connectivity index (χ1v) is 8.24. The van der Waals surface area contributed by atoms with Crippen LogP contribution in [0, 0.1) is 5.92 Å². The topological polar surface area (TPSA) is 47.6 Å². The molecule has 5 heteroatoms. The third-order valence-electron chi connectivity index (χ3n) is 4.17. The second kappa shape index (κ2) is 8.39. The van der Waals surface area contributed by atoms with Crippen LogP contribution in [0.5, 0.6) is 5.75 Å². The molecular formula is C17H24ClNO3. The van der Waals surface area contributed by atoms with Crippen LogP contribution in [0.2, 0.25) is 5.02 Å². The summed E-state index contributed by atoms with van der Waals surface area (Å²) in [5, 5.41) is 4.25. The van der Waals surface area contributed by atoms with Gasteiger partial charge in [0.05, 0.1) is 19.6 Å². The molecule has 0 heterocycles. The molecule has 0 atom stereocenters. The zero-order chi connectivity index (χ0) is 15.9. The van der Waals surface area contributed by atoms with Crippen LogP contribution in [-0.2, 0) is 16.1 Å². The van der Waals surface area contributed by atoms with Crippen molar-refractivity contribution in [2.45, 2.75) is 45.2 Å². The number of nitrogens with one attached hydrogen (secondary N) is 1. The fourth-order valence-electron chi connectivity index (χ4n) is 2.93. The maximum absolute atomic E-state index is 11.7. The van der Waals surface area contributed by atoms with Gasteiger partial charge >= 0.3 is 5.97 Å². The minimum Gasteiger partial charge on any atom is -0.496 e. The third kappa shape index (κ3) is 4.62. The van der Waals surface area contributed by atoms with Crippen LogP contribution in [0.25, 0.3) is 0 Å². The zero-order valence-corrected chi connectivity index (χ0v) is 14.0. The van der Waals surface area contributed by atoms with Gasteiger partial charge in [0.2, 0.25) is 0 Å². The first-order chi connectivity index (χ1) is 10.6. The summed E-state index contributed by atoms with van der Waals surface area (Å²) in [7, 11) is 1.66. The number of carbonyl (C=O) groups is 1. The molecule has 0 bridgehead atoms. The lowest BCUT2D eigenvalue weighted by Gasteiger charge is -2.28. The van der Waals surface area contributed by atoms with E-state index >= 15 is 0 Å². The molecule has 1 aromatic carbocycles. The Labute approximate surface area is 137 Å². The summed E-state index contributed by atoms with van der Waals surface area (Å²) in [4.78, 5) is 11.7. The molecule has 0 spiro atoms. The number of benzene rings is 1. The summed E-state index contributed by atoms with van der Waals surface area (Å²) in [5.41, 5.74) is 1.06. The van der Waals surface area contributed by atoms with Gasteiger partial charge in [-0.2, -0.15) is 0 Å². The molecule has 1 saturated carbocycles. The van der Waals surface area contributed by atoms with Crippen LogP contribution in [0.3, 0.4) is 0 Å². The Morgan fingerprint density at radius 3 is 2.68 bits per heavy atom. The molecule has 0 aromatic heterocycles. The van der Waals surface area contributed by atoms with E-state index in [9.17, 15) is 4.79 Å². The molecule has 1 aromatic rings. The highest BCUT2D eigenvalue weighted by Gasteiger charge is 2.27. The maximum atomic E-state index is 11.7. The van der Waals surface area contributed by atoms with E-state index in [-0.39, 0.29) is 11.9 Å². The van der Waals surface area contributed by atoms with Gasteiger partial charge in [0.1, 0.15) is 5.75 Å². The van der Waals surface area contributed by atoms with Gasteiger partial charge in [-0.25, -0.2) is 0 Å². The van der Waals surface area contributed by atoms with E-state index in [0.717, 1.165) is 43.5 Å². The summed E-state index contributed by atoms with van der Waals surface area (Å²) in [6, 6.07) is 6.07. The SMILES string of the molecule is CCOC(=O)C1CCC(NCc2cc(Cl)ccc2OC)CC1. The number of rotatable bonds is 6. The van der Waals surface area contributed by atoms with Crippen molar-refractivity contribution < 1.29 is 14.3 Å². The Kier molecular flexibility index (Phi) is 6.52. The van der Waals surface area contributed by atoms with Crippen LogP contribution in [0.4, 0.5) is 0 Å². The predicted molar refractivity (Wildman–Crippen MR) is 87.2 cm³/mol. The van der Waals surface area contributed by atoms with Gasteiger partial charge in [-0.1, -0.05) is 11.6 Å². The molecule has 2 rings (SSSR count). The van der Waals surface area contributed by atoms with E-state index in [4.69, 9.17) is 21.1 Å². The molecular weight excluding hydrogens is 302 g/mol. The van der Waals surface area contributed by atoms with Crippen LogP contribution < -0.4 is 10.1 Å². The lowest BCUT2D eigenvalue weighted by molar-refractivity contribution is -0.149. The quantitative estimate of drug-likeness (QED) is 0.812. The molecule has 1 fully saturated rings. The lowest BCUT2D eigenvalue weighted by atomic mass is 9.86. The second-order valence-electron chi connectivity index (χ2n) is 5.64. The van der Waals surface area contributed by atoms with E-state index in [0.29, 0.717) is 17.7 Å². The predicted octanol–water partition coefficient (Wildman–Crippen LogP) is 3.56. The molecule has 4 nitrogen and oxygen atoms in total. The number of esters is 1. The smallest absolute Gasteiger partial charge is 0.308 e. The molecule has 1 aliphatic carbocycles. The highest BCUT2D eigenvalue weighted by Crippen LogP contribution is 2.27. The largest absolute Gasteiger partial charge is 0.496 e. The van der Waals surface area contributed by atoms with Gasteiger partial charge in [-0.05, 0) is 50.8 Å². The average molecular weight is 326 g/mol. The summed E-state index contributed by atoms with van der Waals surface area (Å²) in [5.74, 6) is 0.869. The molecule has 0 aliphatic heterocycles. The molecule has 22 heavy (non-hydrogen) atoms. The first-order valence-electron chi connectivity index (χ1n) is 7.86. The van der Waals surface area contributed by atoms with Crippen molar-refractivity contribution in [2.75, 3.05) is 13.7 Å². The molecule has 1 N–H and O–H groups in total. The van der Waals surface area contributed by atoms with Crippen LogP contribution in [-0.4, -0.2) is 25.7 Å². The molecule has 0 saturated heterocycles. The molecule has 122 valence electrons. The Hall–Kier alpha value is -1.26. The highest BCUT2D eigenvalue weighted by atomic mass is 35.5. The maximum Gasteiger partial charge on any atom is 0.308 e. The van der Waals surface area contributed by atoms with Gasteiger partial charge in [-0.3, -0.25) is 4.79 Å². The summed E-state index contributed by atoms with van der Waals surface area (Å²) >= 11 is 6.04. The normalized spacial score (nSPS) is 21.4. The van der Waals surface area contributed by atoms with Crippen molar-refractivity contribution >= 4 is 17.6 Å². The number of hydrogen-bond donors (Lipinski definition) is 1. The lowest BCUT2D eigenvalue weighted by Crippen LogP contribution is -2.35. The van der Waals surface area contributed by atoms with Crippen molar-refractivity contribution in [3.8, 4) is 5.75 Å². The standard InChI is InChI=1S/C17H24ClNO3/c1-3-22-17(20)12-4-7-15(8-5-12)19-11-13-10-14(18)6-9-16(13)21-2/h6,9-10,12,15,19H,3-5,7-8,11H2,1-2H3. The van der Waals surface area contributed by atoms with E-state index in [1.54, 1.807) is 7.11 Å². The Balaban J connectivity index is 1.82. The number of hydrogen-bond acceptors (Lipinski definition) is 4. The molecule has 0 amide bonds. The number of carbonyl (C=O) groups excluding carboxylic acids is 1. The Bertz CT molecular complexity index is 499. The average Bonchev–Trinajstić information content (AvgIpc) is 2.54. The second-order valence-corrected chi connectivity index (χ2v) is 6.07. The van der Waals surface area contributed by atoms with E-state index in [1.165, 1.54) is 0 Å². The van der Waals surface area contributed by atoms with E-state index in [2.05, 4.69) is 5.32 Å². The zero-order valence-electron chi connectivity index (χ0n) is 13.2. The molecule has 0 unspecified atom stereocenters. The minimum atomic E-state index is -0.0440. The van der Waals surface area contributed by atoms with Gasteiger partial charge < -0.3 is 14.8 Å². The van der Waals surface area contributed by atoms with E-state index in [1.807, 2.05) is 25.1 Å². The van der Waals surface area contributed by atoms with Gasteiger partial charge in [0.15, 0.2) is 0 Å². The molecule has 0 radical (unpaired) electrons. The summed E-state index contributed by atoms with van der Waals surface area (Å²) < 4.78 is 10.5. The number of ether oxygens (including phenoxy) is 2. The highest BCUT2D eigenvalue weighted by molar-refractivity contribution is 6.30. The third-order valence-corrected chi connectivity index (χ3v) is 4.41. The molecule has 1 aliphatic rings. The van der Waals surface area contributed by atoms with E-state index < -0.39 is 0 Å².